The molecule has 0 spiro atoms. The molecule has 3 heterocycles. The molecule has 42 heavy (non-hydrogen) atoms. The summed E-state index contributed by atoms with van der Waals surface area (Å²) in [6, 6.07) is 15.3. The number of pyridine rings is 1. The lowest BCUT2D eigenvalue weighted by atomic mass is 9.83. The number of anilines is 2. The fraction of sp³-hybridized carbons (Fsp3) is 0.406. The molecule has 220 valence electrons. The summed E-state index contributed by atoms with van der Waals surface area (Å²) in [6.45, 7) is 9.89. The van der Waals surface area contributed by atoms with Crippen LogP contribution >= 0.6 is 0 Å². The summed E-state index contributed by atoms with van der Waals surface area (Å²) in [5.74, 6) is 0.856. The van der Waals surface area contributed by atoms with Gasteiger partial charge in [0.2, 0.25) is 10.0 Å². The highest BCUT2D eigenvalue weighted by atomic mass is 32.2. The molecule has 2 aliphatic rings. The van der Waals surface area contributed by atoms with Crippen molar-refractivity contribution in [1.82, 2.24) is 9.88 Å². The average molecular weight is 587 g/mol. The molecule has 3 aromatic rings. The number of rotatable bonds is 6. The SMILES string of the molecule is Cc1cc(C)c(C(=O)N2CCN(c3ncccc3S(N)(=O)=O)CC2)c(C)c1CC1CCN(c2ccccc2C#N)CC1. The van der Waals surface area contributed by atoms with E-state index < -0.39 is 10.0 Å². The van der Waals surface area contributed by atoms with Gasteiger partial charge in [0, 0.05) is 51.0 Å². The second-order valence-electron chi connectivity index (χ2n) is 11.4. The van der Waals surface area contributed by atoms with Gasteiger partial charge in [-0.15, -0.1) is 0 Å². The minimum atomic E-state index is -3.91. The summed E-state index contributed by atoms with van der Waals surface area (Å²) < 4.78 is 24.1. The van der Waals surface area contributed by atoms with Crippen LogP contribution in [0.15, 0.2) is 53.6 Å². The molecule has 2 aliphatic heterocycles. The summed E-state index contributed by atoms with van der Waals surface area (Å²) >= 11 is 0. The Labute approximate surface area is 248 Å². The molecule has 5 rings (SSSR count). The zero-order valence-corrected chi connectivity index (χ0v) is 25.3. The molecule has 0 unspecified atom stereocenters. The Bertz CT molecular complexity index is 1630. The summed E-state index contributed by atoms with van der Waals surface area (Å²) in [5, 5.41) is 14.9. The largest absolute Gasteiger partial charge is 0.370 e. The third-order valence-electron chi connectivity index (χ3n) is 8.74. The Balaban J connectivity index is 1.28. The number of aryl methyl sites for hydroxylation is 2. The van der Waals surface area contributed by atoms with Gasteiger partial charge in [-0.2, -0.15) is 5.26 Å². The van der Waals surface area contributed by atoms with Gasteiger partial charge in [-0.05, 0) is 92.5 Å². The van der Waals surface area contributed by atoms with E-state index >= 15 is 0 Å². The van der Waals surface area contributed by atoms with Crippen LogP contribution in [0.25, 0.3) is 0 Å². The fourth-order valence-electron chi connectivity index (χ4n) is 6.50. The van der Waals surface area contributed by atoms with Crippen LogP contribution in [0.1, 0.15) is 51.0 Å². The van der Waals surface area contributed by atoms with Gasteiger partial charge in [-0.1, -0.05) is 18.2 Å². The maximum Gasteiger partial charge on any atom is 0.254 e. The molecule has 2 saturated heterocycles. The van der Waals surface area contributed by atoms with Gasteiger partial charge in [-0.25, -0.2) is 18.5 Å². The molecule has 9 nitrogen and oxygen atoms in total. The molecule has 1 aromatic heterocycles. The predicted molar refractivity (Wildman–Crippen MR) is 164 cm³/mol. The number of aromatic nitrogens is 1. The smallest absolute Gasteiger partial charge is 0.254 e. The van der Waals surface area contributed by atoms with E-state index in [1.165, 1.54) is 17.2 Å². The molecule has 0 aliphatic carbocycles. The molecule has 2 N–H and O–H groups in total. The number of primary sulfonamides is 1. The van der Waals surface area contributed by atoms with E-state index in [1.807, 2.05) is 41.0 Å². The van der Waals surface area contributed by atoms with Gasteiger partial charge < -0.3 is 14.7 Å². The first kappa shape index (κ1) is 29.5. The predicted octanol–water partition coefficient (Wildman–Crippen LogP) is 3.95. The number of hydrogen-bond acceptors (Lipinski definition) is 7. The molecule has 0 saturated carbocycles. The highest BCUT2D eigenvalue weighted by Gasteiger charge is 2.29. The number of hydrogen-bond donors (Lipinski definition) is 1. The molecule has 0 atom stereocenters. The second-order valence-corrected chi connectivity index (χ2v) is 12.9. The lowest BCUT2D eigenvalue weighted by molar-refractivity contribution is 0.0744. The minimum Gasteiger partial charge on any atom is -0.370 e. The average Bonchev–Trinajstić information content (AvgIpc) is 2.99. The Morgan fingerprint density at radius 2 is 1.67 bits per heavy atom. The van der Waals surface area contributed by atoms with Crippen LogP contribution in [0.5, 0.6) is 0 Å². The number of sulfonamides is 1. The summed E-state index contributed by atoms with van der Waals surface area (Å²) in [4.78, 5) is 24.2. The maximum atomic E-state index is 13.9. The Kier molecular flexibility index (Phi) is 8.53. The van der Waals surface area contributed by atoms with Gasteiger partial charge in [-0.3, -0.25) is 4.79 Å². The summed E-state index contributed by atoms with van der Waals surface area (Å²) in [6.07, 6.45) is 4.55. The first-order valence-electron chi connectivity index (χ1n) is 14.4. The van der Waals surface area contributed by atoms with Gasteiger partial charge in [0.05, 0.1) is 11.3 Å². The van der Waals surface area contributed by atoms with E-state index in [0.717, 1.165) is 60.3 Å². The van der Waals surface area contributed by atoms with E-state index in [0.29, 0.717) is 37.9 Å². The number of nitrogens with zero attached hydrogens (tertiary/aromatic N) is 5. The number of para-hydroxylation sites is 1. The van der Waals surface area contributed by atoms with Gasteiger partial charge in [0.25, 0.3) is 5.91 Å². The third kappa shape index (κ3) is 5.98. The normalized spacial score (nSPS) is 16.4. The molecule has 0 bridgehead atoms. The number of piperazine rings is 1. The highest BCUT2D eigenvalue weighted by Crippen LogP contribution is 2.32. The molecule has 2 fully saturated rings. The Morgan fingerprint density at radius 1 is 0.976 bits per heavy atom. The van der Waals surface area contributed by atoms with Crippen molar-refractivity contribution < 1.29 is 13.2 Å². The maximum absolute atomic E-state index is 13.9. The van der Waals surface area contributed by atoms with E-state index in [2.05, 4.69) is 35.9 Å². The standard InChI is InChI=1S/C32H38N6O3S/c1-22-19-23(2)30(32(39)38-17-15-37(16-18-38)31-29(42(34,40)41)9-6-12-35-31)24(3)27(22)20-25-10-13-36(14-11-25)28-8-5-4-7-26(28)21-33/h4-9,12,19,25H,10-11,13-18,20H2,1-3H3,(H2,34,40,41). The molecule has 0 radical (unpaired) electrons. The van der Waals surface area contributed by atoms with E-state index in [9.17, 15) is 18.5 Å². The van der Waals surface area contributed by atoms with Crippen molar-refractivity contribution in [1.29, 1.82) is 5.26 Å². The van der Waals surface area contributed by atoms with Crippen LogP contribution in [-0.4, -0.2) is 63.5 Å². The summed E-state index contributed by atoms with van der Waals surface area (Å²) in [5.41, 5.74) is 7.00. The van der Waals surface area contributed by atoms with Crippen molar-refractivity contribution in [3.8, 4) is 6.07 Å². The monoisotopic (exact) mass is 586 g/mol. The van der Waals surface area contributed by atoms with Gasteiger partial charge in [0.15, 0.2) is 0 Å². The quantitative estimate of drug-likeness (QED) is 0.464. The van der Waals surface area contributed by atoms with Crippen molar-refractivity contribution in [2.45, 2.75) is 44.9 Å². The number of amides is 1. The fourth-order valence-corrected chi connectivity index (χ4v) is 7.21. The second kappa shape index (κ2) is 12.1. The molecule has 1 amide bonds. The molecule has 2 aromatic carbocycles. The van der Waals surface area contributed by atoms with Crippen LogP contribution in [0.4, 0.5) is 11.5 Å². The summed E-state index contributed by atoms with van der Waals surface area (Å²) in [7, 11) is -3.91. The van der Waals surface area contributed by atoms with Crippen LogP contribution in [0, 0.1) is 38.0 Å². The highest BCUT2D eigenvalue weighted by molar-refractivity contribution is 7.89. The molecular weight excluding hydrogens is 548 g/mol. The number of nitriles is 1. The van der Waals surface area contributed by atoms with Crippen LogP contribution < -0.4 is 14.9 Å². The number of carbonyl (C=O) groups is 1. The van der Waals surface area contributed by atoms with Crippen molar-refractivity contribution >= 4 is 27.4 Å². The minimum absolute atomic E-state index is 0.000234. The van der Waals surface area contributed by atoms with Crippen molar-refractivity contribution in [3.05, 3.63) is 82.0 Å². The molecule has 10 heteroatoms. The zero-order chi connectivity index (χ0) is 30.0. The van der Waals surface area contributed by atoms with Crippen LogP contribution in [0.2, 0.25) is 0 Å². The van der Waals surface area contributed by atoms with Crippen LogP contribution in [-0.2, 0) is 16.4 Å². The van der Waals surface area contributed by atoms with Crippen molar-refractivity contribution in [2.24, 2.45) is 11.1 Å². The van der Waals surface area contributed by atoms with Gasteiger partial charge in [0.1, 0.15) is 16.8 Å². The van der Waals surface area contributed by atoms with E-state index in [-0.39, 0.29) is 10.8 Å². The third-order valence-corrected chi connectivity index (χ3v) is 9.67. The zero-order valence-electron chi connectivity index (χ0n) is 24.5. The number of nitrogens with two attached hydrogens (primary N) is 1. The van der Waals surface area contributed by atoms with E-state index in [1.54, 1.807) is 12.3 Å². The number of carbonyl (C=O) groups excluding carboxylic acids is 1. The Hall–Kier alpha value is -3.94. The van der Waals surface area contributed by atoms with Crippen molar-refractivity contribution in [3.63, 3.8) is 0 Å². The Morgan fingerprint density at radius 3 is 2.33 bits per heavy atom. The topological polar surface area (TPSA) is 124 Å². The first-order chi connectivity index (χ1) is 20.1. The number of benzene rings is 2. The molecular formula is C32H38N6O3S. The van der Waals surface area contributed by atoms with E-state index in [4.69, 9.17) is 5.14 Å². The number of piperidine rings is 1. The lowest BCUT2D eigenvalue weighted by Crippen LogP contribution is -2.49. The van der Waals surface area contributed by atoms with Gasteiger partial charge >= 0.3 is 0 Å². The lowest BCUT2D eigenvalue weighted by Gasteiger charge is -2.37. The van der Waals surface area contributed by atoms with Crippen molar-refractivity contribution in [2.75, 3.05) is 49.1 Å². The van der Waals surface area contributed by atoms with Crippen LogP contribution in [0.3, 0.4) is 0 Å². The first-order valence-corrected chi connectivity index (χ1v) is 16.0.